The van der Waals surface area contributed by atoms with E-state index in [0.29, 0.717) is 0 Å². The highest BCUT2D eigenvalue weighted by Crippen LogP contribution is 2.25. The number of carbonyl (C=O) groups is 2. The molecule has 10 heteroatoms. The smallest absolute Gasteiger partial charge is 0.304 e. The number of hydrogen-bond donors (Lipinski definition) is 1. The van der Waals surface area contributed by atoms with Crippen LogP contribution in [0.1, 0.15) is 43.2 Å². The molecule has 1 N–H and O–H groups in total. The Labute approximate surface area is 248 Å². The number of rotatable bonds is 12. The molecule has 0 spiro atoms. The number of nitrogens with zero attached hydrogens (tertiary/aromatic N) is 3. The monoisotopic (exact) mass is 594 g/mol. The number of anilines is 1. The van der Waals surface area contributed by atoms with Crippen LogP contribution in [0.15, 0.2) is 84.9 Å². The average Bonchev–Trinajstić information content (AvgIpc) is 2.99. The summed E-state index contributed by atoms with van der Waals surface area (Å²) < 4.78 is 43.4. The third-order valence-corrected chi connectivity index (χ3v) is 9.36. The van der Waals surface area contributed by atoms with Crippen molar-refractivity contribution in [3.63, 3.8) is 0 Å². The van der Waals surface area contributed by atoms with Crippen LogP contribution in [0.25, 0.3) is 0 Å². The Morgan fingerprint density at radius 2 is 1.43 bits per heavy atom. The molecule has 0 radical (unpaired) electrons. The minimum absolute atomic E-state index is 0.0160. The Morgan fingerprint density at radius 1 is 0.857 bits per heavy atom. The van der Waals surface area contributed by atoms with E-state index in [1.807, 2.05) is 60.7 Å². The first-order chi connectivity index (χ1) is 20.2. The van der Waals surface area contributed by atoms with E-state index in [1.165, 1.54) is 37.2 Å². The minimum atomic E-state index is -4.26. The quantitative estimate of drug-likeness (QED) is 0.334. The van der Waals surface area contributed by atoms with E-state index >= 15 is 0 Å². The summed E-state index contributed by atoms with van der Waals surface area (Å²) in [4.78, 5) is 29.6. The summed E-state index contributed by atoms with van der Waals surface area (Å²) in [5.41, 5.74) is 1.40. The molecule has 224 valence electrons. The van der Waals surface area contributed by atoms with Crippen LogP contribution in [0, 0.1) is 5.82 Å². The molecule has 0 saturated heterocycles. The van der Waals surface area contributed by atoms with Crippen LogP contribution in [0.3, 0.4) is 0 Å². The van der Waals surface area contributed by atoms with Gasteiger partial charge in [0, 0.05) is 33.1 Å². The van der Waals surface area contributed by atoms with E-state index in [2.05, 4.69) is 5.32 Å². The number of amides is 2. The Kier molecular flexibility index (Phi) is 10.7. The van der Waals surface area contributed by atoms with Gasteiger partial charge in [0.1, 0.15) is 18.4 Å². The molecule has 3 aromatic rings. The summed E-state index contributed by atoms with van der Waals surface area (Å²) in [5, 5.41) is 3.17. The predicted octanol–water partition coefficient (Wildman–Crippen LogP) is 4.53. The van der Waals surface area contributed by atoms with Crippen molar-refractivity contribution in [3.8, 4) is 0 Å². The van der Waals surface area contributed by atoms with E-state index < -0.39 is 34.5 Å². The predicted molar refractivity (Wildman–Crippen MR) is 162 cm³/mol. The van der Waals surface area contributed by atoms with Gasteiger partial charge in [-0.2, -0.15) is 12.7 Å². The standard InChI is InChI=1S/C32H39FN4O4S/c1-35(2)42(40,41)37(29-21-13-12-20-28(29)33)24-31(38)36(23-26-16-8-4-9-17-26)30(22-25-14-6-3-7-15-25)32(39)34-27-18-10-5-11-19-27/h3-4,6-9,12-17,20-21,27,30H,5,10-11,18-19,22-24H2,1-2H3,(H,34,39). The molecular weight excluding hydrogens is 555 g/mol. The zero-order chi connectivity index (χ0) is 30.1. The van der Waals surface area contributed by atoms with Gasteiger partial charge in [-0.3, -0.25) is 9.59 Å². The second-order valence-electron chi connectivity index (χ2n) is 10.8. The van der Waals surface area contributed by atoms with Crippen LogP contribution in [-0.2, 0) is 32.8 Å². The molecule has 1 aliphatic rings. The first-order valence-corrected chi connectivity index (χ1v) is 15.7. The van der Waals surface area contributed by atoms with Crippen molar-refractivity contribution in [1.29, 1.82) is 0 Å². The van der Waals surface area contributed by atoms with Gasteiger partial charge in [-0.25, -0.2) is 8.70 Å². The lowest BCUT2D eigenvalue weighted by Gasteiger charge is -2.35. The number of para-hydroxylation sites is 1. The number of hydrogen-bond acceptors (Lipinski definition) is 4. The highest BCUT2D eigenvalue weighted by molar-refractivity contribution is 7.90. The highest BCUT2D eigenvalue weighted by Gasteiger charge is 2.36. The largest absolute Gasteiger partial charge is 0.352 e. The molecule has 0 aromatic heterocycles. The van der Waals surface area contributed by atoms with Gasteiger partial charge in [-0.15, -0.1) is 0 Å². The lowest BCUT2D eigenvalue weighted by Crippen LogP contribution is -2.55. The zero-order valence-electron chi connectivity index (χ0n) is 24.2. The van der Waals surface area contributed by atoms with Gasteiger partial charge in [0.25, 0.3) is 0 Å². The van der Waals surface area contributed by atoms with Crippen molar-refractivity contribution in [2.45, 2.75) is 57.2 Å². The molecule has 4 rings (SSSR count). The second kappa shape index (κ2) is 14.4. The Bertz CT molecular complexity index is 1430. The van der Waals surface area contributed by atoms with E-state index in [9.17, 15) is 22.4 Å². The molecule has 8 nitrogen and oxygen atoms in total. The minimum Gasteiger partial charge on any atom is -0.352 e. The molecule has 3 aromatic carbocycles. The molecule has 1 fully saturated rings. The first kappa shape index (κ1) is 31.2. The van der Waals surface area contributed by atoms with Gasteiger partial charge in [0.15, 0.2) is 0 Å². The van der Waals surface area contributed by atoms with Gasteiger partial charge in [-0.1, -0.05) is 92.1 Å². The molecule has 2 amide bonds. The molecule has 1 unspecified atom stereocenters. The van der Waals surface area contributed by atoms with Gasteiger partial charge < -0.3 is 10.2 Å². The van der Waals surface area contributed by atoms with Crippen molar-refractivity contribution in [3.05, 3.63) is 102 Å². The maximum Gasteiger partial charge on any atom is 0.304 e. The summed E-state index contributed by atoms with van der Waals surface area (Å²) in [5.74, 6) is -1.68. The van der Waals surface area contributed by atoms with E-state index in [1.54, 1.807) is 0 Å². The maximum absolute atomic E-state index is 15.0. The fourth-order valence-corrected chi connectivity index (χ4v) is 6.30. The molecule has 1 atom stereocenters. The molecule has 42 heavy (non-hydrogen) atoms. The highest BCUT2D eigenvalue weighted by atomic mass is 32.2. The Hall–Kier alpha value is -3.76. The van der Waals surface area contributed by atoms with Crippen molar-refractivity contribution < 1.29 is 22.4 Å². The molecule has 0 bridgehead atoms. The van der Waals surface area contributed by atoms with Crippen LogP contribution < -0.4 is 9.62 Å². The summed E-state index contributed by atoms with van der Waals surface area (Å²) >= 11 is 0. The zero-order valence-corrected chi connectivity index (χ0v) is 25.0. The van der Waals surface area contributed by atoms with Gasteiger partial charge in [0.2, 0.25) is 11.8 Å². The number of nitrogens with one attached hydrogen (secondary N) is 1. The van der Waals surface area contributed by atoms with Crippen LogP contribution >= 0.6 is 0 Å². The summed E-state index contributed by atoms with van der Waals surface area (Å²) in [6.07, 6.45) is 5.17. The first-order valence-electron chi connectivity index (χ1n) is 14.3. The maximum atomic E-state index is 15.0. The van der Waals surface area contributed by atoms with Crippen LogP contribution in [0.5, 0.6) is 0 Å². The summed E-state index contributed by atoms with van der Waals surface area (Å²) in [6, 6.07) is 23.2. The van der Waals surface area contributed by atoms with E-state index in [0.717, 1.165) is 57.9 Å². The topological polar surface area (TPSA) is 90.0 Å². The van der Waals surface area contributed by atoms with Crippen molar-refractivity contribution >= 4 is 27.7 Å². The van der Waals surface area contributed by atoms with Crippen LogP contribution in [-0.4, -0.2) is 62.2 Å². The van der Waals surface area contributed by atoms with E-state index in [4.69, 9.17) is 0 Å². The number of halogens is 1. The SMILES string of the molecule is CN(C)S(=O)(=O)N(CC(=O)N(Cc1ccccc1)C(Cc1ccccc1)C(=O)NC1CCCCC1)c1ccccc1F. The van der Waals surface area contributed by atoms with Gasteiger partial charge >= 0.3 is 10.2 Å². The molecule has 1 aliphatic carbocycles. The normalized spacial score (nSPS) is 14.8. The summed E-state index contributed by atoms with van der Waals surface area (Å²) in [7, 11) is -1.62. The lowest BCUT2D eigenvalue weighted by molar-refractivity contribution is -0.140. The fourth-order valence-electron chi connectivity index (χ4n) is 5.23. The van der Waals surface area contributed by atoms with E-state index in [-0.39, 0.29) is 30.6 Å². The Balaban J connectivity index is 1.74. The van der Waals surface area contributed by atoms with Crippen LogP contribution in [0.4, 0.5) is 10.1 Å². The Morgan fingerprint density at radius 3 is 2.02 bits per heavy atom. The molecular formula is C32H39FN4O4S. The van der Waals surface area contributed by atoms with Crippen molar-refractivity contribution in [2.75, 3.05) is 24.9 Å². The molecule has 0 heterocycles. The van der Waals surface area contributed by atoms with Crippen molar-refractivity contribution in [1.82, 2.24) is 14.5 Å². The number of benzene rings is 3. The summed E-state index contributed by atoms with van der Waals surface area (Å²) in [6.45, 7) is -0.612. The fraction of sp³-hybridized carbons (Fsp3) is 0.375. The van der Waals surface area contributed by atoms with Gasteiger partial charge in [0.05, 0.1) is 5.69 Å². The third kappa shape index (κ3) is 7.95. The second-order valence-corrected chi connectivity index (χ2v) is 12.9. The molecule has 1 saturated carbocycles. The van der Waals surface area contributed by atoms with Crippen molar-refractivity contribution in [2.24, 2.45) is 0 Å². The molecule has 0 aliphatic heterocycles. The third-order valence-electron chi connectivity index (χ3n) is 7.56. The van der Waals surface area contributed by atoms with Gasteiger partial charge in [-0.05, 0) is 36.1 Å². The van der Waals surface area contributed by atoms with Crippen LogP contribution in [0.2, 0.25) is 0 Å². The average molecular weight is 595 g/mol. The number of carbonyl (C=O) groups excluding carboxylic acids is 2. The lowest BCUT2D eigenvalue weighted by atomic mass is 9.94.